The normalized spacial score (nSPS) is 17.4. The van der Waals surface area contributed by atoms with Crippen LogP contribution in [0.4, 0.5) is 0 Å². The number of likely N-dealkylation sites (N-methyl/N-ethyl adjacent to an activating group) is 1. The number of nitrogens with zero attached hydrogens (tertiary/aromatic N) is 1. The van der Waals surface area contributed by atoms with Crippen LogP contribution in [0.15, 0.2) is 45.9 Å². The van der Waals surface area contributed by atoms with Crippen LogP contribution in [0.1, 0.15) is 13.8 Å². The largest absolute Gasteiger partial charge is 0.371 e. The molecule has 116 valence electrons. The molecule has 0 radical (unpaired) electrons. The van der Waals surface area contributed by atoms with E-state index < -0.39 is 0 Å². The Bertz CT molecular complexity index is 507. The first kappa shape index (κ1) is 17.9. The maximum atomic E-state index is 11.2. The minimum absolute atomic E-state index is 0.0583. The molecule has 0 saturated carbocycles. The minimum Gasteiger partial charge on any atom is -0.371 e. The zero-order valence-electron chi connectivity index (χ0n) is 12.6. The van der Waals surface area contributed by atoms with Crippen LogP contribution in [-0.4, -0.2) is 31.2 Å². The second-order valence-electron chi connectivity index (χ2n) is 5.31. The molecule has 3 N–H and O–H groups in total. The van der Waals surface area contributed by atoms with Crippen LogP contribution in [0.5, 0.6) is 0 Å². The summed E-state index contributed by atoms with van der Waals surface area (Å²) in [7, 11) is 1.59. The predicted octanol–water partition coefficient (Wildman–Crippen LogP) is 2.24. The van der Waals surface area contributed by atoms with E-state index in [1.807, 2.05) is 32.2 Å². The van der Waals surface area contributed by atoms with Gasteiger partial charge in [0.25, 0.3) is 0 Å². The molecule has 0 fully saturated rings. The van der Waals surface area contributed by atoms with Crippen molar-refractivity contribution in [2.75, 3.05) is 20.3 Å². The number of halogens is 1. The van der Waals surface area contributed by atoms with E-state index >= 15 is 0 Å². The van der Waals surface area contributed by atoms with Gasteiger partial charge in [0.05, 0.1) is 12.3 Å². The van der Waals surface area contributed by atoms with Crippen molar-refractivity contribution in [1.82, 2.24) is 10.3 Å². The average Bonchev–Trinajstić information content (AvgIpc) is 2.45. The fraction of sp³-hybridized carbons (Fsp3) is 0.400. The summed E-state index contributed by atoms with van der Waals surface area (Å²) in [6.45, 7) is 8.33. The number of hydrogen-bond acceptors (Lipinski definition) is 4. The Labute approximate surface area is 139 Å². The number of ether oxygens (including phenoxy) is 1. The highest BCUT2D eigenvalue weighted by Gasteiger charge is 2.25. The molecule has 0 saturated heterocycles. The number of nitrogens with two attached hydrogens (primary N) is 1. The van der Waals surface area contributed by atoms with Crippen LogP contribution in [0, 0.1) is 5.41 Å². The Hall–Kier alpha value is -1.12. The topological polar surface area (TPSA) is 67.6 Å². The molecule has 0 bridgehead atoms. The first-order valence-corrected chi connectivity index (χ1v) is 7.64. The molecule has 0 unspecified atom stereocenters. The number of hydrogen-bond donors (Lipinski definition) is 2. The lowest BCUT2D eigenvalue weighted by Crippen LogP contribution is -2.32. The van der Waals surface area contributed by atoms with E-state index in [-0.39, 0.29) is 17.9 Å². The number of amides is 1. The van der Waals surface area contributed by atoms with E-state index in [0.717, 1.165) is 14.8 Å². The van der Waals surface area contributed by atoms with Crippen molar-refractivity contribution in [2.45, 2.75) is 13.8 Å². The number of allylic oxidation sites excluding steroid dienone is 4. The van der Waals surface area contributed by atoms with Crippen molar-refractivity contribution in [3.05, 3.63) is 45.9 Å². The summed E-state index contributed by atoms with van der Waals surface area (Å²) in [6, 6.07) is 0. The van der Waals surface area contributed by atoms with Gasteiger partial charge >= 0.3 is 0 Å². The fourth-order valence-corrected chi connectivity index (χ4v) is 2.24. The Morgan fingerprint density at radius 1 is 1.57 bits per heavy atom. The van der Waals surface area contributed by atoms with Gasteiger partial charge in [0.2, 0.25) is 5.91 Å². The van der Waals surface area contributed by atoms with Crippen LogP contribution >= 0.6 is 22.6 Å². The lowest BCUT2D eigenvalue weighted by molar-refractivity contribution is -0.125. The van der Waals surface area contributed by atoms with Crippen LogP contribution in [0.25, 0.3) is 0 Å². The van der Waals surface area contributed by atoms with Gasteiger partial charge in [-0.2, -0.15) is 0 Å². The van der Waals surface area contributed by atoms with E-state index in [0.29, 0.717) is 6.61 Å². The molecule has 1 aliphatic rings. The lowest BCUT2D eigenvalue weighted by Gasteiger charge is -2.31. The van der Waals surface area contributed by atoms with E-state index in [2.05, 4.69) is 34.5 Å². The molecular weight excluding hydrogens is 381 g/mol. The standard InChI is InChI=1S/C15H22IN3O2/c1-5-12(16)13-7-6-11(8-19(13)17)15(2,3)10-21-9-14(20)18-4/h5-8H,1,9-10,17H2,2-4H3,(H,18,20)/b13-12+. The average molecular weight is 403 g/mol. The van der Waals surface area contributed by atoms with Crippen molar-refractivity contribution >= 4 is 28.5 Å². The van der Waals surface area contributed by atoms with E-state index in [4.69, 9.17) is 10.6 Å². The van der Waals surface area contributed by atoms with Gasteiger partial charge in [-0.15, -0.1) is 0 Å². The highest BCUT2D eigenvalue weighted by Crippen LogP contribution is 2.32. The number of carbonyl (C=O) groups is 1. The molecule has 21 heavy (non-hydrogen) atoms. The second kappa shape index (κ2) is 7.77. The predicted molar refractivity (Wildman–Crippen MR) is 93.2 cm³/mol. The van der Waals surface area contributed by atoms with Crippen LogP contribution < -0.4 is 11.2 Å². The first-order valence-electron chi connectivity index (χ1n) is 6.56. The molecule has 5 nitrogen and oxygen atoms in total. The lowest BCUT2D eigenvalue weighted by atomic mass is 9.84. The van der Waals surface area contributed by atoms with Gasteiger partial charge < -0.3 is 10.1 Å². The zero-order chi connectivity index (χ0) is 16.0. The summed E-state index contributed by atoms with van der Waals surface area (Å²) in [5, 5.41) is 4.11. The SMILES string of the molecule is C=C/C(I)=C1/C=CC(C(C)(C)COCC(=O)NC)=CN1N. The highest BCUT2D eigenvalue weighted by atomic mass is 127. The molecule has 1 heterocycles. The summed E-state index contributed by atoms with van der Waals surface area (Å²) in [5.74, 6) is 5.90. The molecule has 1 aliphatic heterocycles. The molecule has 0 aromatic carbocycles. The maximum Gasteiger partial charge on any atom is 0.245 e. The van der Waals surface area contributed by atoms with Crippen molar-refractivity contribution in [2.24, 2.45) is 11.3 Å². The van der Waals surface area contributed by atoms with Crippen molar-refractivity contribution in [1.29, 1.82) is 0 Å². The molecule has 1 rings (SSSR count). The molecule has 6 heteroatoms. The summed E-state index contributed by atoms with van der Waals surface area (Å²) < 4.78 is 6.44. The van der Waals surface area contributed by atoms with E-state index in [1.54, 1.807) is 18.1 Å². The summed E-state index contributed by atoms with van der Waals surface area (Å²) in [4.78, 5) is 11.2. The third-order valence-corrected chi connectivity index (χ3v) is 4.15. The smallest absolute Gasteiger partial charge is 0.245 e. The molecule has 0 aromatic rings. The first-order chi connectivity index (χ1) is 9.81. The zero-order valence-corrected chi connectivity index (χ0v) is 14.8. The van der Waals surface area contributed by atoms with Crippen LogP contribution in [0.2, 0.25) is 0 Å². The minimum atomic E-state index is -0.243. The Balaban J connectivity index is 2.75. The van der Waals surface area contributed by atoms with Gasteiger partial charge in [-0.1, -0.05) is 32.6 Å². The molecule has 0 aliphatic carbocycles. The van der Waals surface area contributed by atoms with Crippen molar-refractivity contribution in [3.63, 3.8) is 0 Å². The molecule has 0 atom stereocenters. The molecule has 0 aromatic heterocycles. The third-order valence-electron chi connectivity index (χ3n) is 3.16. The number of nitrogens with one attached hydrogen (secondary N) is 1. The van der Waals surface area contributed by atoms with Crippen molar-refractivity contribution in [3.8, 4) is 0 Å². The van der Waals surface area contributed by atoms with Gasteiger partial charge in [0.15, 0.2) is 0 Å². The Kier molecular flexibility index (Phi) is 6.63. The third kappa shape index (κ3) is 4.98. The Morgan fingerprint density at radius 3 is 2.76 bits per heavy atom. The Morgan fingerprint density at radius 2 is 2.24 bits per heavy atom. The number of hydrazine groups is 1. The van der Waals surface area contributed by atoms with E-state index in [9.17, 15) is 4.79 Å². The second-order valence-corrected chi connectivity index (χ2v) is 6.47. The van der Waals surface area contributed by atoms with Gasteiger partial charge in [-0.3, -0.25) is 9.80 Å². The fourth-order valence-electron chi connectivity index (χ4n) is 1.78. The number of carbonyl (C=O) groups excluding carboxylic acids is 1. The van der Waals surface area contributed by atoms with Crippen molar-refractivity contribution < 1.29 is 9.53 Å². The molecule has 0 spiro atoms. The quantitative estimate of drug-likeness (QED) is 0.528. The summed E-state index contributed by atoms with van der Waals surface area (Å²) in [6.07, 6.45) is 7.61. The highest BCUT2D eigenvalue weighted by molar-refractivity contribution is 14.1. The van der Waals surface area contributed by atoms with Gasteiger partial charge in [-0.25, -0.2) is 5.84 Å². The number of rotatable bonds is 6. The van der Waals surface area contributed by atoms with E-state index in [1.165, 1.54) is 0 Å². The molecule has 1 amide bonds. The summed E-state index contributed by atoms with van der Waals surface area (Å²) in [5.41, 5.74) is 1.70. The summed E-state index contributed by atoms with van der Waals surface area (Å²) >= 11 is 2.19. The van der Waals surface area contributed by atoms with Crippen LogP contribution in [-0.2, 0) is 9.53 Å². The monoisotopic (exact) mass is 403 g/mol. The van der Waals surface area contributed by atoms with Gasteiger partial charge in [0.1, 0.15) is 6.61 Å². The maximum absolute atomic E-state index is 11.2. The molecular formula is C15H22IN3O2. The van der Waals surface area contributed by atoms with Gasteiger partial charge in [0, 0.05) is 22.2 Å². The van der Waals surface area contributed by atoms with Gasteiger partial charge in [-0.05, 0) is 34.2 Å². The van der Waals surface area contributed by atoms with Crippen LogP contribution in [0.3, 0.4) is 0 Å².